The third-order valence-corrected chi connectivity index (χ3v) is 3.12. The quantitative estimate of drug-likeness (QED) is 0.753. The van der Waals surface area contributed by atoms with Crippen LogP contribution in [0.25, 0.3) is 0 Å². The second-order valence-corrected chi connectivity index (χ2v) is 4.49. The van der Waals surface area contributed by atoms with Crippen molar-refractivity contribution >= 4 is 23.1 Å². The van der Waals surface area contributed by atoms with E-state index in [1.54, 1.807) is 11.6 Å². The summed E-state index contributed by atoms with van der Waals surface area (Å²) in [5.74, 6) is 0.361. The molecule has 17 heavy (non-hydrogen) atoms. The summed E-state index contributed by atoms with van der Waals surface area (Å²) in [5, 5.41) is 11.9. The second-order valence-electron chi connectivity index (χ2n) is 3.55. The molecule has 2 rings (SSSR count). The van der Waals surface area contributed by atoms with E-state index in [0.717, 1.165) is 10.6 Å². The highest BCUT2D eigenvalue weighted by atomic mass is 32.1. The van der Waals surface area contributed by atoms with Gasteiger partial charge < -0.3 is 11.1 Å². The molecule has 0 aliphatic carbocycles. The molecule has 2 aromatic rings. The van der Waals surface area contributed by atoms with Crippen LogP contribution < -0.4 is 11.1 Å². The second kappa shape index (κ2) is 5.07. The molecule has 0 atom stereocenters. The normalized spacial score (nSPS) is 10.5. The molecule has 6 nitrogen and oxygen atoms in total. The summed E-state index contributed by atoms with van der Waals surface area (Å²) in [6.07, 6.45) is 2.34. The number of amides is 1. The summed E-state index contributed by atoms with van der Waals surface area (Å²) < 4.78 is 0. The first-order chi connectivity index (χ1) is 8.20. The Morgan fingerprint density at radius 1 is 1.65 bits per heavy atom. The number of anilines is 1. The van der Waals surface area contributed by atoms with E-state index in [1.165, 1.54) is 11.3 Å². The van der Waals surface area contributed by atoms with E-state index in [0.29, 0.717) is 24.5 Å². The van der Waals surface area contributed by atoms with Crippen molar-refractivity contribution in [2.75, 3.05) is 11.9 Å². The van der Waals surface area contributed by atoms with Gasteiger partial charge in [-0.3, -0.25) is 9.89 Å². The lowest BCUT2D eigenvalue weighted by atomic mass is 10.3. The maximum absolute atomic E-state index is 11.8. The molecule has 90 valence electrons. The van der Waals surface area contributed by atoms with Gasteiger partial charge >= 0.3 is 0 Å². The fraction of sp³-hybridized carbons (Fsp3) is 0.300. The zero-order chi connectivity index (χ0) is 12.3. The monoisotopic (exact) mass is 251 g/mol. The van der Waals surface area contributed by atoms with Gasteiger partial charge in [0.2, 0.25) is 0 Å². The molecule has 0 radical (unpaired) electrons. The van der Waals surface area contributed by atoms with Crippen LogP contribution in [0.4, 0.5) is 5.82 Å². The standard InChI is InChI=1S/C10H13N5OS/c1-6-4-12-15-9(6)14-10(16)7-5-17-8(13-7)2-3-11/h4-5H,2-3,11H2,1H3,(H2,12,14,15,16). The Bertz CT molecular complexity index is 518. The minimum Gasteiger partial charge on any atom is -0.330 e. The molecule has 0 aromatic carbocycles. The Kier molecular flexibility index (Phi) is 3.50. The zero-order valence-electron chi connectivity index (χ0n) is 9.36. The van der Waals surface area contributed by atoms with Gasteiger partial charge in [-0.15, -0.1) is 11.3 Å². The molecule has 4 N–H and O–H groups in total. The molecule has 0 aliphatic rings. The number of carbonyl (C=O) groups is 1. The van der Waals surface area contributed by atoms with Gasteiger partial charge in [-0.2, -0.15) is 5.10 Å². The topological polar surface area (TPSA) is 96.7 Å². The molecule has 0 saturated carbocycles. The largest absolute Gasteiger partial charge is 0.330 e. The Hall–Kier alpha value is -1.73. The number of rotatable bonds is 4. The van der Waals surface area contributed by atoms with E-state index >= 15 is 0 Å². The lowest BCUT2D eigenvalue weighted by Crippen LogP contribution is -2.13. The average molecular weight is 251 g/mol. The maximum atomic E-state index is 11.8. The summed E-state index contributed by atoms with van der Waals surface area (Å²) in [5.41, 5.74) is 6.72. The van der Waals surface area contributed by atoms with Gasteiger partial charge in [0, 0.05) is 17.4 Å². The molecule has 2 aromatic heterocycles. The SMILES string of the molecule is Cc1cn[nH]c1NC(=O)c1csc(CCN)n1. The molecule has 2 heterocycles. The van der Waals surface area contributed by atoms with Crippen molar-refractivity contribution in [1.82, 2.24) is 15.2 Å². The van der Waals surface area contributed by atoms with E-state index in [-0.39, 0.29) is 5.91 Å². The number of nitrogens with zero attached hydrogens (tertiary/aromatic N) is 2. The van der Waals surface area contributed by atoms with Crippen LogP contribution in [-0.4, -0.2) is 27.6 Å². The minimum atomic E-state index is -0.239. The van der Waals surface area contributed by atoms with Crippen LogP contribution >= 0.6 is 11.3 Å². The van der Waals surface area contributed by atoms with Crippen molar-refractivity contribution in [2.24, 2.45) is 5.73 Å². The number of thiazole rings is 1. The lowest BCUT2D eigenvalue weighted by Gasteiger charge is -2.00. The minimum absolute atomic E-state index is 0.239. The van der Waals surface area contributed by atoms with Crippen LogP contribution in [0.1, 0.15) is 21.1 Å². The Morgan fingerprint density at radius 2 is 2.47 bits per heavy atom. The molecular weight excluding hydrogens is 238 g/mol. The first kappa shape index (κ1) is 11.7. The van der Waals surface area contributed by atoms with Crippen molar-refractivity contribution in [3.63, 3.8) is 0 Å². The van der Waals surface area contributed by atoms with E-state index in [9.17, 15) is 4.79 Å². The van der Waals surface area contributed by atoms with Gasteiger partial charge in [-0.25, -0.2) is 4.98 Å². The fourth-order valence-electron chi connectivity index (χ4n) is 1.30. The first-order valence-electron chi connectivity index (χ1n) is 5.16. The Balaban J connectivity index is 2.07. The Labute approximate surface area is 102 Å². The molecule has 0 fully saturated rings. The third kappa shape index (κ3) is 2.69. The van der Waals surface area contributed by atoms with Gasteiger partial charge in [-0.05, 0) is 13.5 Å². The summed E-state index contributed by atoms with van der Waals surface area (Å²) in [6, 6.07) is 0. The smallest absolute Gasteiger partial charge is 0.276 e. The van der Waals surface area contributed by atoms with Crippen LogP contribution in [0.2, 0.25) is 0 Å². The van der Waals surface area contributed by atoms with Crippen LogP contribution in [-0.2, 0) is 6.42 Å². The summed E-state index contributed by atoms with van der Waals surface area (Å²) in [7, 11) is 0. The number of H-pyrrole nitrogens is 1. The average Bonchev–Trinajstić information content (AvgIpc) is 2.90. The van der Waals surface area contributed by atoms with Gasteiger partial charge in [-0.1, -0.05) is 0 Å². The van der Waals surface area contributed by atoms with Crippen molar-refractivity contribution in [2.45, 2.75) is 13.3 Å². The molecule has 0 saturated heterocycles. The van der Waals surface area contributed by atoms with Crippen LogP contribution in [0.5, 0.6) is 0 Å². The number of hydrogen-bond acceptors (Lipinski definition) is 5. The van der Waals surface area contributed by atoms with Gasteiger partial charge in [0.1, 0.15) is 11.5 Å². The maximum Gasteiger partial charge on any atom is 0.276 e. The predicted octanol–water partition coefficient (Wildman–Crippen LogP) is 0.928. The summed E-state index contributed by atoms with van der Waals surface area (Å²) in [6.45, 7) is 2.40. The van der Waals surface area contributed by atoms with E-state index < -0.39 is 0 Å². The van der Waals surface area contributed by atoms with Crippen molar-refractivity contribution in [1.29, 1.82) is 0 Å². The number of carbonyl (C=O) groups excluding carboxylic acids is 1. The highest BCUT2D eigenvalue weighted by molar-refractivity contribution is 7.09. The van der Waals surface area contributed by atoms with Crippen LogP contribution in [0.15, 0.2) is 11.6 Å². The lowest BCUT2D eigenvalue weighted by molar-refractivity contribution is 0.102. The molecule has 0 spiro atoms. The highest BCUT2D eigenvalue weighted by Gasteiger charge is 2.12. The molecule has 0 unspecified atom stereocenters. The zero-order valence-corrected chi connectivity index (χ0v) is 10.2. The third-order valence-electron chi connectivity index (χ3n) is 2.21. The molecule has 1 amide bonds. The van der Waals surface area contributed by atoms with Gasteiger partial charge in [0.15, 0.2) is 0 Å². The van der Waals surface area contributed by atoms with E-state index in [2.05, 4.69) is 20.5 Å². The fourth-order valence-corrected chi connectivity index (χ4v) is 2.10. The number of hydrogen-bond donors (Lipinski definition) is 3. The van der Waals surface area contributed by atoms with Crippen LogP contribution in [0.3, 0.4) is 0 Å². The number of aromatic amines is 1. The summed E-state index contributed by atoms with van der Waals surface area (Å²) in [4.78, 5) is 16.0. The van der Waals surface area contributed by atoms with Crippen molar-refractivity contribution in [3.8, 4) is 0 Å². The Morgan fingerprint density at radius 3 is 3.12 bits per heavy atom. The number of nitrogens with one attached hydrogen (secondary N) is 2. The van der Waals surface area contributed by atoms with Crippen molar-refractivity contribution in [3.05, 3.63) is 27.8 Å². The van der Waals surface area contributed by atoms with Crippen LogP contribution in [0, 0.1) is 6.92 Å². The van der Waals surface area contributed by atoms with Gasteiger partial charge in [0.05, 0.1) is 11.2 Å². The first-order valence-corrected chi connectivity index (χ1v) is 6.04. The van der Waals surface area contributed by atoms with Gasteiger partial charge in [0.25, 0.3) is 5.91 Å². The number of aromatic nitrogens is 3. The molecule has 7 heteroatoms. The summed E-state index contributed by atoms with van der Waals surface area (Å²) >= 11 is 1.44. The number of nitrogens with two attached hydrogens (primary N) is 1. The number of aryl methyl sites for hydroxylation is 1. The molecule has 0 aliphatic heterocycles. The van der Waals surface area contributed by atoms with Crippen molar-refractivity contribution < 1.29 is 4.79 Å². The molecule has 0 bridgehead atoms. The van der Waals surface area contributed by atoms with E-state index in [4.69, 9.17) is 5.73 Å². The molecular formula is C10H13N5OS. The van der Waals surface area contributed by atoms with E-state index in [1.807, 2.05) is 6.92 Å². The highest BCUT2D eigenvalue weighted by Crippen LogP contribution is 2.13. The predicted molar refractivity (Wildman–Crippen MR) is 66.2 cm³/mol.